The lowest BCUT2D eigenvalue weighted by molar-refractivity contribution is -0.140. The zero-order chi connectivity index (χ0) is 21.1. The molecule has 0 bridgehead atoms. The van der Waals surface area contributed by atoms with Crippen molar-refractivity contribution in [2.45, 2.75) is 26.2 Å². The molecule has 7 nitrogen and oxygen atoms in total. The number of fused-ring (bicyclic) bond motifs is 1. The van der Waals surface area contributed by atoms with Gasteiger partial charge >= 0.3 is 0 Å². The molecule has 1 N–H and O–H groups in total. The maximum atomic E-state index is 12.6. The van der Waals surface area contributed by atoms with Crippen LogP contribution in [0.1, 0.15) is 26.2 Å². The monoisotopic (exact) mass is 449 g/mol. The Morgan fingerprint density at radius 1 is 1.00 bits per heavy atom. The van der Waals surface area contributed by atoms with Crippen LogP contribution < -0.4 is 9.64 Å². The number of piperazine rings is 1. The number of phenols is 1. The molecule has 2 atom stereocenters. The van der Waals surface area contributed by atoms with Gasteiger partial charge in [0, 0.05) is 38.8 Å². The predicted octanol–water partition coefficient (Wildman–Crippen LogP) is 2.68. The van der Waals surface area contributed by atoms with Crippen LogP contribution in [0.25, 0.3) is 0 Å². The molecule has 8 heteroatoms. The Morgan fingerprint density at radius 2 is 1.65 bits per heavy atom. The summed E-state index contributed by atoms with van der Waals surface area (Å²) >= 11 is 0. The van der Waals surface area contributed by atoms with Crippen LogP contribution in [0.5, 0.6) is 11.5 Å². The summed E-state index contributed by atoms with van der Waals surface area (Å²) in [5.41, 5.74) is 0.931. The number of ether oxygens (including phenoxy) is 1. The van der Waals surface area contributed by atoms with Crippen molar-refractivity contribution < 1.29 is 19.4 Å². The topological polar surface area (TPSA) is 73.3 Å². The lowest BCUT2D eigenvalue weighted by atomic mass is 9.85. The average Bonchev–Trinajstić information content (AvgIpc) is 3.01. The fourth-order valence-corrected chi connectivity index (χ4v) is 4.78. The molecule has 31 heavy (non-hydrogen) atoms. The number of nitrogens with zero attached hydrogens (tertiary/aromatic N) is 3. The van der Waals surface area contributed by atoms with E-state index in [2.05, 4.69) is 9.80 Å². The minimum atomic E-state index is -0.132. The van der Waals surface area contributed by atoms with Crippen LogP contribution in [-0.4, -0.2) is 72.6 Å². The van der Waals surface area contributed by atoms with E-state index in [0.29, 0.717) is 26.0 Å². The third-order valence-corrected chi connectivity index (χ3v) is 6.41. The Labute approximate surface area is 190 Å². The number of likely N-dealkylation sites (tertiary alicyclic amines) is 1. The second-order valence-corrected chi connectivity index (χ2v) is 8.25. The number of phenolic OH excluding ortho intramolecular Hbond substituents is 1. The fourth-order valence-electron chi connectivity index (χ4n) is 4.78. The minimum absolute atomic E-state index is 0. The standard InChI is InChI=1S/C23H31N3O4.ClH/c1-2-30-21-9-8-17(27)16-20(21)25-14-12-24(13-15-25)10-5-11-26-22(28)18-6-3-4-7-19(18)23(26)29;/h3-4,8-9,16,18-19,27H,2,5-7,10-15H2,1H3;1H. The normalized spacial score (nSPS) is 23.6. The first-order valence-corrected chi connectivity index (χ1v) is 11.0. The van der Waals surface area contributed by atoms with Gasteiger partial charge in [0.25, 0.3) is 0 Å². The number of anilines is 1. The molecule has 0 aromatic heterocycles. The molecule has 0 spiro atoms. The van der Waals surface area contributed by atoms with Gasteiger partial charge in [0.2, 0.25) is 11.8 Å². The Bertz CT molecular complexity index is 797. The summed E-state index contributed by atoms with van der Waals surface area (Å²) < 4.78 is 5.71. The molecule has 3 aliphatic rings. The SMILES string of the molecule is CCOc1ccc(O)cc1N1CCN(CCCN2C(=O)C3CC=CCC3C2=O)CC1.Cl. The number of aromatic hydroxyl groups is 1. The Hall–Kier alpha value is -2.25. The zero-order valence-electron chi connectivity index (χ0n) is 18.0. The summed E-state index contributed by atoms with van der Waals surface area (Å²) in [6.07, 6.45) is 6.26. The van der Waals surface area contributed by atoms with Crippen LogP contribution in [-0.2, 0) is 9.59 Å². The van der Waals surface area contributed by atoms with E-state index in [1.807, 2.05) is 25.1 Å². The van der Waals surface area contributed by atoms with Crippen molar-refractivity contribution in [3.63, 3.8) is 0 Å². The molecule has 2 fully saturated rings. The van der Waals surface area contributed by atoms with E-state index in [1.165, 1.54) is 4.90 Å². The van der Waals surface area contributed by atoms with Crippen molar-refractivity contribution in [2.24, 2.45) is 11.8 Å². The van der Waals surface area contributed by atoms with Gasteiger partial charge in [0.1, 0.15) is 11.5 Å². The molecule has 2 aliphatic heterocycles. The number of amides is 2. The summed E-state index contributed by atoms with van der Waals surface area (Å²) in [6.45, 7) is 7.43. The summed E-state index contributed by atoms with van der Waals surface area (Å²) in [7, 11) is 0. The quantitative estimate of drug-likeness (QED) is 0.509. The van der Waals surface area contributed by atoms with Gasteiger partial charge < -0.3 is 14.7 Å². The van der Waals surface area contributed by atoms with E-state index in [4.69, 9.17) is 4.74 Å². The summed E-state index contributed by atoms with van der Waals surface area (Å²) in [4.78, 5) is 31.2. The number of allylic oxidation sites excluding steroid dienone is 2. The molecule has 1 aliphatic carbocycles. The number of rotatable bonds is 7. The zero-order valence-corrected chi connectivity index (χ0v) is 18.9. The first-order valence-electron chi connectivity index (χ1n) is 11.0. The molecule has 1 aromatic carbocycles. The fraction of sp³-hybridized carbons (Fsp3) is 0.565. The van der Waals surface area contributed by atoms with Gasteiger partial charge in [0.15, 0.2) is 0 Å². The highest BCUT2D eigenvalue weighted by atomic mass is 35.5. The van der Waals surface area contributed by atoms with Crippen molar-refractivity contribution in [3.8, 4) is 11.5 Å². The number of benzene rings is 1. The highest BCUT2D eigenvalue weighted by Crippen LogP contribution is 2.35. The van der Waals surface area contributed by atoms with Crippen molar-refractivity contribution >= 4 is 29.9 Å². The third kappa shape index (κ3) is 4.99. The van der Waals surface area contributed by atoms with Gasteiger partial charge in [-0.15, -0.1) is 12.4 Å². The van der Waals surface area contributed by atoms with E-state index < -0.39 is 0 Å². The Balaban J connectivity index is 0.00000272. The number of imide groups is 1. The van der Waals surface area contributed by atoms with Gasteiger partial charge in [0.05, 0.1) is 24.1 Å². The molecular weight excluding hydrogens is 418 g/mol. The van der Waals surface area contributed by atoms with E-state index >= 15 is 0 Å². The van der Waals surface area contributed by atoms with Crippen molar-refractivity contribution in [1.82, 2.24) is 9.80 Å². The van der Waals surface area contributed by atoms with Crippen LogP contribution in [0, 0.1) is 11.8 Å². The average molecular weight is 450 g/mol. The highest BCUT2D eigenvalue weighted by Gasteiger charge is 2.46. The number of carbonyl (C=O) groups excluding carboxylic acids is 2. The van der Waals surface area contributed by atoms with Crippen LogP contribution in [0.2, 0.25) is 0 Å². The molecule has 170 valence electrons. The first-order chi connectivity index (χ1) is 14.6. The summed E-state index contributed by atoms with van der Waals surface area (Å²) in [5, 5.41) is 9.87. The Morgan fingerprint density at radius 3 is 2.26 bits per heavy atom. The maximum Gasteiger partial charge on any atom is 0.233 e. The molecular formula is C23H32ClN3O4. The smallest absolute Gasteiger partial charge is 0.233 e. The van der Waals surface area contributed by atoms with E-state index in [1.54, 1.807) is 12.1 Å². The van der Waals surface area contributed by atoms with Gasteiger partial charge in [-0.2, -0.15) is 0 Å². The maximum absolute atomic E-state index is 12.6. The molecule has 2 unspecified atom stereocenters. The van der Waals surface area contributed by atoms with Crippen LogP contribution >= 0.6 is 12.4 Å². The van der Waals surface area contributed by atoms with Gasteiger partial charge in [-0.3, -0.25) is 19.4 Å². The van der Waals surface area contributed by atoms with Gasteiger partial charge in [-0.25, -0.2) is 0 Å². The summed E-state index contributed by atoms with van der Waals surface area (Å²) in [5.74, 6) is 0.816. The van der Waals surface area contributed by atoms with Crippen LogP contribution in [0.3, 0.4) is 0 Å². The van der Waals surface area contributed by atoms with Crippen LogP contribution in [0.4, 0.5) is 5.69 Å². The molecule has 0 radical (unpaired) electrons. The molecule has 2 saturated heterocycles. The molecule has 2 heterocycles. The summed E-state index contributed by atoms with van der Waals surface area (Å²) in [6, 6.07) is 5.23. The molecule has 4 rings (SSSR count). The van der Waals surface area contributed by atoms with E-state index in [-0.39, 0.29) is 41.8 Å². The number of hydrogen-bond acceptors (Lipinski definition) is 6. The number of halogens is 1. The molecule has 2 amide bonds. The highest BCUT2D eigenvalue weighted by molar-refractivity contribution is 6.05. The second-order valence-electron chi connectivity index (χ2n) is 8.25. The van der Waals surface area contributed by atoms with E-state index in [0.717, 1.165) is 50.6 Å². The van der Waals surface area contributed by atoms with Gasteiger partial charge in [-0.05, 0) is 44.9 Å². The van der Waals surface area contributed by atoms with Gasteiger partial charge in [-0.1, -0.05) is 12.2 Å². The lowest BCUT2D eigenvalue weighted by Crippen LogP contribution is -2.47. The second kappa shape index (κ2) is 10.4. The first kappa shape index (κ1) is 23.4. The molecule has 1 aromatic rings. The lowest BCUT2D eigenvalue weighted by Gasteiger charge is -2.37. The third-order valence-electron chi connectivity index (χ3n) is 6.41. The van der Waals surface area contributed by atoms with Crippen molar-refractivity contribution in [1.29, 1.82) is 0 Å². The number of hydrogen-bond donors (Lipinski definition) is 1. The predicted molar refractivity (Wildman–Crippen MR) is 122 cm³/mol. The Kier molecular flexibility index (Phi) is 7.84. The number of carbonyl (C=O) groups is 2. The van der Waals surface area contributed by atoms with Crippen molar-refractivity contribution in [2.75, 3.05) is 50.8 Å². The minimum Gasteiger partial charge on any atom is -0.508 e. The van der Waals surface area contributed by atoms with Crippen LogP contribution in [0.15, 0.2) is 30.4 Å². The van der Waals surface area contributed by atoms with E-state index in [9.17, 15) is 14.7 Å². The molecule has 0 saturated carbocycles. The largest absolute Gasteiger partial charge is 0.508 e. The van der Waals surface area contributed by atoms with Crippen molar-refractivity contribution in [3.05, 3.63) is 30.4 Å².